The third kappa shape index (κ3) is 6.45. The Morgan fingerprint density at radius 2 is 1.47 bits per heavy atom. The molecule has 0 saturated carbocycles. The van der Waals surface area contributed by atoms with Crippen LogP contribution in [-0.4, -0.2) is 29.4 Å². The minimum Gasteiger partial charge on any atom is -0.488 e. The van der Waals surface area contributed by atoms with Crippen LogP contribution >= 0.6 is 11.3 Å². The highest BCUT2D eigenvalue weighted by Gasteiger charge is 2.39. The van der Waals surface area contributed by atoms with Gasteiger partial charge in [0.05, 0.1) is 0 Å². The fraction of sp³-hybridized carbons (Fsp3) is 0.263. The number of rotatable bonds is 10. The molecule has 1 amide bonds. The van der Waals surface area contributed by atoms with Gasteiger partial charge in [-0.3, -0.25) is 4.79 Å². The summed E-state index contributed by atoms with van der Waals surface area (Å²) >= 11 is 1.59. The van der Waals surface area contributed by atoms with Gasteiger partial charge in [-0.15, -0.1) is 11.3 Å². The number of thiophene rings is 1. The molecule has 0 fully saturated rings. The summed E-state index contributed by atoms with van der Waals surface area (Å²) in [5.41, 5.74) is 4.03. The molecule has 7 heteroatoms. The van der Waals surface area contributed by atoms with Gasteiger partial charge in [-0.25, -0.2) is 4.79 Å². The first kappa shape index (κ1) is 30.4. The van der Waals surface area contributed by atoms with E-state index in [0.717, 1.165) is 42.8 Å². The molecule has 1 aliphatic carbocycles. The number of aliphatic carboxylic acids is 1. The maximum Gasteiger partial charge on any atom is 0.408 e. The SMILES string of the molecule is CC(C)(C)Oc1ccc(C(CCCC(=O)O)(NC(=O)OCC2c3ccccc3-c3ccccc32)c2cc3ccccc3s2)cc1. The summed E-state index contributed by atoms with van der Waals surface area (Å²) in [5.74, 6) is -0.249. The first-order valence-corrected chi connectivity index (χ1v) is 16.1. The predicted molar refractivity (Wildman–Crippen MR) is 179 cm³/mol. The Hall–Kier alpha value is -4.62. The quantitative estimate of drug-likeness (QED) is 0.163. The van der Waals surface area contributed by atoms with Crippen LogP contribution in [0.2, 0.25) is 0 Å². The van der Waals surface area contributed by atoms with Crippen LogP contribution in [0.25, 0.3) is 21.2 Å². The lowest BCUT2D eigenvalue weighted by Gasteiger charge is -2.35. The number of amides is 1. The van der Waals surface area contributed by atoms with E-state index in [4.69, 9.17) is 9.47 Å². The van der Waals surface area contributed by atoms with E-state index in [1.165, 1.54) is 0 Å². The maximum absolute atomic E-state index is 13.9. The number of hydrogen-bond donors (Lipinski definition) is 2. The zero-order chi connectivity index (χ0) is 31.6. The van der Waals surface area contributed by atoms with E-state index in [9.17, 15) is 14.7 Å². The zero-order valence-electron chi connectivity index (χ0n) is 25.7. The topological polar surface area (TPSA) is 84.9 Å². The van der Waals surface area contributed by atoms with Crippen molar-refractivity contribution in [2.45, 2.75) is 57.1 Å². The molecule has 1 aromatic heterocycles. The Bertz CT molecular complexity index is 1760. The van der Waals surface area contributed by atoms with Crippen molar-refractivity contribution in [3.05, 3.63) is 125 Å². The van der Waals surface area contributed by atoms with Gasteiger partial charge in [-0.1, -0.05) is 78.9 Å². The maximum atomic E-state index is 13.9. The molecule has 6 nitrogen and oxygen atoms in total. The van der Waals surface area contributed by atoms with E-state index < -0.39 is 17.6 Å². The Labute approximate surface area is 267 Å². The molecule has 230 valence electrons. The molecule has 1 atom stereocenters. The Morgan fingerprint density at radius 3 is 2.09 bits per heavy atom. The van der Waals surface area contributed by atoms with Gasteiger partial charge >= 0.3 is 12.1 Å². The van der Waals surface area contributed by atoms with Gasteiger partial charge in [0.2, 0.25) is 0 Å². The lowest BCUT2D eigenvalue weighted by atomic mass is 9.83. The van der Waals surface area contributed by atoms with E-state index in [-0.39, 0.29) is 24.5 Å². The van der Waals surface area contributed by atoms with Crippen LogP contribution in [0.5, 0.6) is 5.75 Å². The van der Waals surface area contributed by atoms with E-state index in [1.54, 1.807) is 11.3 Å². The second kappa shape index (κ2) is 12.4. The number of nitrogens with one attached hydrogen (secondary N) is 1. The second-order valence-electron chi connectivity index (χ2n) is 12.5. The number of ether oxygens (including phenoxy) is 2. The smallest absolute Gasteiger partial charge is 0.408 e. The van der Waals surface area contributed by atoms with Crippen LogP contribution in [-0.2, 0) is 15.1 Å². The molecule has 6 rings (SSSR count). The number of alkyl carbamates (subject to hydrolysis) is 1. The average molecular weight is 620 g/mol. The number of carboxylic acid groups (broad SMARTS) is 1. The summed E-state index contributed by atoms with van der Waals surface area (Å²) < 4.78 is 13.2. The predicted octanol–water partition coefficient (Wildman–Crippen LogP) is 9.12. The fourth-order valence-electron chi connectivity index (χ4n) is 6.27. The Kier molecular flexibility index (Phi) is 8.38. The lowest BCUT2D eigenvalue weighted by Crippen LogP contribution is -2.47. The molecule has 4 aromatic carbocycles. The van der Waals surface area contributed by atoms with Crippen LogP contribution in [0.15, 0.2) is 103 Å². The number of fused-ring (bicyclic) bond motifs is 4. The van der Waals surface area contributed by atoms with Gasteiger partial charge < -0.3 is 19.9 Å². The summed E-state index contributed by atoms with van der Waals surface area (Å²) in [5, 5.41) is 13.8. The van der Waals surface area contributed by atoms with Crippen molar-refractivity contribution < 1.29 is 24.2 Å². The van der Waals surface area contributed by atoms with Crippen molar-refractivity contribution in [1.82, 2.24) is 5.32 Å². The number of carbonyl (C=O) groups excluding carboxylic acids is 1. The first-order valence-electron chi connectivity index (χ1n) is 15.3. The molecule has 1 heterocycles. The van der Waals surface area contributed by atoms with E-state index in [2.05, 4.69) is 41.7 Å². The second-order valence-corrected chi connectivity index (χ2v) is 13.6. The third-order valence-electron chi connectivity index (χ3n) is 8.22. The molecule has 0 bridgehead atoms. The van der Waals surface area contributed by atoms with Gasteiger partial charge in [0, 0.05) is 21.9 Å². The van der Waals surface area contributed by atoms with Crippen molar-refractivity contribution in [2.75, 3.05) is 6.61 Å². The molecule has 2 N–H and O–H groups in total. The van der Waals surface area contributed by atoms with Crippen molar-refractivity contribution in [2.24, 2.45) is 0 Å². The molecule has 0 spiro atoms. The highest BCUT2D eigenvalue weighted by atomic mass is 32.1. The number of benzene rings is 4. The number of carboxylic acids is 1. The highest BCUT2D eigenvalue weighted by molar-refractivity contribution is 7.19. The monoisotopic (exact) mass is 619 g/mol. The molecule has 1 aliphatic rings. The van der Waals surface area contributed by atoms with Crippen LogP contribution in [0, 0.1) is 0 Å². The van der Waals surface area contributed by atoms with Crippen LogP contribution in [0.1, 0.15) is 67.5 Å². The van der Waals surface area contributed by atoms with Crippen molar-refractivity contribution in [3.63, 3.8) is 0 Å². The van der Waals surface area contributed by atoms with Gasteiger partial charge in [-0.05, 0) is 91.1 Å². The van der Waals surface area contributed by atoms with Crippen molar-refractivity contribution in [3.8, 4) is 16.9 Å². The summed E-state index contributed by atoms with van der Waals surface area (Å²) in [6.07, 6.45) is 0.146. The number of carbonyl (C=O) groups is 2. The van der Waals surface area contributed by atoms with Crippen molar-refractivity contribution >= 4 is 33.5 Å². The summed E-state index contributed by atoms with van der Waals surface area (Å²) in [6.45, 7) is 6.16. The summed E-state index contributed by atoms with van der Waals surface area (Å²) in [7, 11) is 0. The normalized spacial score (nSPS) is 13.9. The molecular formula is C38H37NO5S. The number of hydrogen-bond acceptors (Lipinski definition) is 5. The van der Waals surface area contributed by atoms with Gasteiger partial charge in [-0.2, -0.15) is 0 Å². The van der Waals surface area contributed by atoms with Gasteiger partial charge in [0.1, 0.15) is 23.5 Å². The molecule has 0 aliphatic heterocycles. The lowest BCUT2D eigenvalue weighted by molar-refractivity contribution is -0.137. The fourth-order valence-corrected chi connectivity index (χ4v) is 7.53. The highest BCUT2D eigenvalue weighted by Crippen LogP contribution is 2.45. The molecule has 45 heavy (non-hydrogen) atoms. The minimum absolute atomic E-state index is 0.0236. The summed E-state index contributed by atoms with van der Waals surface area (Å²) in [4.78, 5) is 26.4. The molecular weight excluding hydrogens is 582 g/mol. The molecule has 1 unspecified atom stereocenters. The standard InChI is InChI=1S/C38H37NO5S/c1-37(2,3)44-27-20-18-26(19-21-27)38(22-10-17-35(40)41,34-23-25-11-4-9-16-33(25)45-34)39-36(42)43-24-32-30-14-7-5-12-28(30)29-13-6-8-15-31(29)32/h4-9,11-16,18-21,23,32H,10,17,22,24H2,1-3H3,(H,39,42)(H,40,41). The largest absolute Gasteiger partial charge is 0.488 e. The van der Waals surface area contributed by atoms with Crippen LogP contribution < -0.4 is 10.1 Å². The van der Waals surface area contributed by atoms with Crippen molar-refractivity contribution in [1.29, 1.82) is 0 Å². The van der Waals surface area contributed by atoms with Crippen LogP contribution in [0.4, 0.5) is 4.79 Å². The Morgan fingerprint density at radius 1 is 0.844 bits per heavy atom. The molecule has 0 radical (unpaired) electrons. The zero-order valence-corrected chi connectivity index (χ0v) is 26.5. The summed E-state index contributed by atoms with van der Waals surface area (Å²) in [6, 6.07) is 34.4. The van der Waals surface area contributed by atoms with Crippen LogP contribution in [0.3, 0.4) is 0 Å². The van der Waals surface area contributed by atoms with E-state index in [1.807, 2.05) is 87.5 Å². The van der Waals surface area contributed by atoms with E-state index >= 15 is 0 Å². The molecule has 0 saturated heterocycles. The molecule has 5 aromatic rings. The minimum atomic E-state index is -1.03. The third-order valence-corrected chi connectivity index (χ3v) is 9.50. The van der Waals surface area contributed by atoms with Gasteiger partial charge in [0.15, 0.2) is 0 Å². The van der Waals surface area contributed by atoms with Gasteiger partial charge in [0.25, 0.3) is 0 Å². The first-order chi connectivity index (χ1) is 21.6. The average Bonchev–Trinajstić information content (AvgIpc) is 3.59. The van der Waals surface area contributed by atoms with E-state index in [0.29, 0.717) is 18.6 Å². The Balaban J connectivity index is 1.35.